The van der Waals surface area contributed by atoms with Crippen molar-refractivity contribution >= 4 is 39.3 Å². The van der Waals surface area contributed by atoms with E-state index in [9.17, 15) is 9.90 Å². The SMILES string of the molecule is CCCOC(=O)Nc1cccc(C(O)Nc2c3ccccc3nc3ccccc23)c1. The van der Waals surface area contributed by atoms with Crippen molar-refractivity contribution in [3.63, 3.8) is 0 Å². The molecule has 4 aromatic rings. The number of para-hydroxylation sites is 2. The summed E-state index contributed by atoms with van der Waals surface area (Å²) in [5.74, 6) is 0. The average molecular weight is 401 g/mol. The molecule has 3 N–H and O–H groups in total. The summed E-state index contributed by atoms with van der Waals surface area (Å²) in [6.07, 6.45) is -0.737. The second kappa shape index (κ2) is 8.80. The minimum Gasteiger partial charge on any atom is -0.449 e. The van der Waals surface area contributed by atoms with Crippen LogP contribution in [0.25, 0.3) is 21.8 Å². The topological polar surface area (TPSA) is 83.5 Å². The number of carbonyl (C=O) groups excluding carboxylic acids is 1. The Labute approximate surface area is 174 Å². The summed E-state index contributed by atoms with van der Waals surface area (Å²) in [6, 6.07) is 22.7. The smallest absolute Gasteiger partial charge is 0.411 e. The van der Waals surface area contributed by atoms with Crippen LogP contribution in [0.4, 0.5) is 16.2 Å². The lowest BCUT2D eigenvalue weighted by molar-refractivity contribution is 0.161. The van der Waals surface area contributed by atoms with Crippen molar-refractivity contribution in [2.24, 2.45) is 0 Å². The maximum absolute atomic E-state index is 11.8. The van der Waals surface area contributed by atoms with E-state index in [1.807, 2.05) is 55.5 Å². The molecule has 0 bridgehead atoms. The van der Waals surface area contributed by atoms with Gasteiger partial charge in [0.25, 0.3) is 0 Å². The maximum atomic E-state index is 11.8. The zero-order valence-corrected chi connectivity index (χ0v) is 16.6. The molecule has 1 heterocycles. The highest BCUT2D eigenvalue weighted by molar-refractivity contribution is 6.07. The molecule has 0 aliphatic carbocycles. The Bertz CT molecular complexity index is 1140. The summed E-state index contributed by atoms with van der Waals surface area (Å²) >= 11 is 0. The van der Waals surface area contributed by atoms with Gasteiger partial charge >= 0.3 is 6.09 Å². The predicted octanol–water partition coefficient (Wildman–Crippen LogP) is 5.45. The van der Waals surface area contributed by atoms with Crippen LogP contribution in [0.2, 0.25) is 0 Å². The van der Waals surface area contributed by atoms with Gasteiger partial charge in [-0.3, -0.25) is 5.32 Å². The Morgan fingerprint density at radius 2 is 1.67 bits per heavy atom. The van der Waals surface area contributed by atoms with Crippen LogP contribution in [-0.2, 0) is 4.74 Å². The van der Waals surface area contributed by atoms with E-state index in [1.165, 1.54) is 0 Å². The number of nitrogens with zero attached hydrogens (tertiary/aromatic N) is 1. The fraction of sp³-hybridized carbons (Fsp3) is 0.167. The third-order valence-electron chi connectivity index (χ3n) is 4.75. The number of hydrogen-bond acceptors (Lipinski definition) is 5. The number of aliphatic hydroxyl groups is 1. The molecule has 1 atom stereocenters. The van der Waals surface area contributed by atoms with Crippen LogP contribution in [0.1, 0.15) is 25.1 Å². The number of aliphatic hydroxyl groups excluding tert-OH is 1. The molecule has 0 saturated heterocycles. The molecule has 3 aromatic carbocycles. The first-order valence-corrected chi connectivity index (χ1v) is 9.91. The minimum absolute atomic E-state index is 0.359. The first-order valence-electron chi connectivity index (χ1n) is 9.91. The molecule has 1 unspecified atom stereocenters. The zero-order chi connectivity index (χ0) is 20.9. The molecule has 0 aliphatic heterocycles. The summed E-state index contributed by atoms with van der Waals surface area (Å²) in [5.41, 5.74) is 3.68. The summed E-state index contributed by atoms with van der Waals surface area (Å²) in [5, 5.41) is 18.7. The van der Waals surface area contributed by atoms with Crippen LogP contribution in [0.5, 0.6) is 0 Å². The van der Waals surface area contributed by atoms with Crippen LogP contribution >= 0.6 is 0 Å². The summed E-state index contributed by atoms with van der Waals surface area (Å²) < 4.78 is 5.05. The summed E-state index contributed by atoms with van der Waals surface area (Å²) in [7, 11) is 0. The van der Waals surface area contributed by atoms with Crippen LogP contribution in [0.15, 0.2) is 72.8 Å². The van der Waals surface area contributed by atoms with Crippen molar-refractivity contribution in [2.45, 2.75) is 19.6 Å². The molecule has 6 nitrogen and oxygen atoms in total. The molecule has 6 heteroatoms. The van der Waals surface area contributed by atoms with Crippen LogP contribution in [-0.4, -0.2) is 22.8 Å². The van der Waals surface area contributed by atoms with Gasteiger partial charge in [-0.1, -0.05) is 55.5 Å². The first kappa shape index (κ1) is 19.7. The number of fused-ring (bicyclic) bond motifs is 2. The molecule has 30 heavy (non-hydrogen) atoms. The molecule has 4 rings (SSSR count). The molecule has 0 radical (unpaired) electrons. The van der Waals surface area contributed by atoms with Crippen LogP contribution in [0.3, 0.4) is 0 Å². The number of ether oxygens (including phenoxy) is 1. The molecular formula is C24H23N3O3. The van der Waals surface area contributed by atoms with Crippen molar-refractivity contribution in [1.29, 1.82) is 0 Å². The van der Waals surface area contributed by atoms with Gasteiger partial charge in [-0.2, -0.15) is 0 Å². The van der Waals surface area contributed by atoms with E-state index in [-0.39, 0.29) is 0 Å². The number of amides is 1. The largest absolute Gasteiger partial charge is 0.449 e. The predicted molar refractivity (Wildman–Crippen MR) is 120 cm³/mol. The number of hydrogen-bond donors (Lipinski definition) is 3. The Morgan fingerprint density at radius 1 is 1.00 bits per heavy atom. The Morgan fingerprint density at radius 3 is 2.33 bits per heavy atom. The highest BCUT2D eigenvalue weighted by atomic mass is 16.5. The minimum atomic E-state index is -0.979. The molecular weight excluding hydrogens is 378 g/mol. The normalized spacial score (nSPS) is 11.9. The van der Waals surface area contributed by atoms with E-state index >= 15 is 0 Å². The third-order valence-corrected chi connectivity index (χ3v) is 4.75. The quantitative estimate of drug-likeness (QED) is 0.296. The number of anilines is 2. The van der Waals surface area contributed by atoms with E-state index in [0.29, 0.717) is 17.9 Å². The van der Waals surface area contributed by atoms with Gasteiger partial charge in [0.1, 0.15) is 0 Å². The van der Waals surface area contributed by atoms with Crippen molar-refractivity contribution < 1.29 is 14.6 Å². The van der Waals surface area contributed by atoms with Gasteiger partial charge in [-0.05, 0) is 30.7 Å². The average Bonchev–Trinajstić information content (AvgIpc) is 2.77. The summed E-state index contributed by atoms with van der Waals surface area (Å²) in [6.45, 7) is 2.29. The van der Waals surface area contributed by atoms with Crippen molar-refractivity contribution in [3.05, 3.63) is 78.4 Å². The van der Waals surface area contributed by atoms with Crippen molar-refractivity contribution in [1.82, 2.24) is 4.98 Å². The maximum Gasteiger partial charge on any atom is 0.411 e. The van der Waals surface area contributed by atoms with Gasteiger partial charge < -0.3 is 15.2 Å². The Kier molecular flexibility index (Phi) is 5.77. The highest BCUT2D eigenvalue weighted by Crippen LogP contribution is 2.33. The lowest BCUT2D eigenvalue weighted by atomic mass is 10.1. The Balaban J connectivity index is 1.64. The van der Waals surface area contributed by atoms with E-state index in [4.69, 9.17) is 9.72 Å². The number of rotatable bonds is 6. The lowest BCUT2D eigenvalue weighted by Gasteiger charge is -2.19. The van der Waals surface area contributed by atoms with Crippen molar-refractivity contribution in [3.8, 4) is 0 Å². The number of aromatic nitrogens is 1. The molecule has 0 aliphatic rings. The number of pyridine rings is 1. The standard InChI is InChI=1S/C24H23N3O3/c1-2-14-30-24(29)25-17-9-7-8-16(15-17)23(28)27-22-18-10-3-5-12-20(18)26-21-13-6-4-11-19(21)22/h3-13,15,23,28H,2,14H2,1H3,(H,25,29)(H,26,27). The van der Waals surface area contributed by atoms with E-state index in [1.54, 1.807) is 24.3 Å². The number of benzene rings is 3. The number of nitrogens with one attached hydrogen (secondary N) is 2. The molecule has 1 aromatic heterocycles. The van der Waals surface area contributed by atoms with Gasteiger partial charge in [-0.25, -0.2) is 9.78 Å². The Hall–Kier alpha value is -3.64. The molecule has 0 saturated carbocycles. The third kappa shape index (κ3) is 4.18. The van der Waals surface area contributed by atoms with E-state index in [2.05, 4.69) is 10.6 Å². The highest BCUT2D eigenvalue weighted by Gasteiger charge is 2.14. The van der Waals surface area contributed by atoms with Gasteiger partial charge in [0.05, 0.1) is 23.3 Å². The van der Waals surface area contributed by atoms with E-state index in [0.717, 1.165) is 33.9 Å². The molecule has 0 fully saturated rings. The monoisotopic (exact) mass is 401 g/mol. The summed E-state index contributed by atoms with van der Waals surface area (Å²) in [4.78, 5) is 16.5. The van der Waals surface area contributed by atoms with Gasteiger partial charge in [0.2, 0.25) is 0 Å². The molecule has 1 amide bonds. The fourth-order valence-electron chi connectivity index (χ4n) is 3.35. The second-order valence-electron chi connectivity index (χ2n) is 6.95. The van der Waals surface area contributed by atoms with Gasteiger partial charge in [-0.15, -0.1) is 0 Å². The van der Waals surface area contributed by atoms with Crippen molar-refractivity contribution in [2.75, 3.05) is 17.2 Å². The fourth-order valence-corrected chi connectivity index (χ4v) is 3.35. The van der Waals surface area contributed by atoms with Crippen LogP contribution < -0.4 is 10.6 Å². The van der Waals surface area contributed by atoms with E-state index < -0.39 is 12.3 Å². The zero-order valence-electron chi connectivity index (χ0n) is 16.6. The van der Waals surface area contributed by atoms with Crippen LogP contribution in [0, 0.1) is 0 Å². The van der Waals surface area contributed by atoms with Gasteiger partial charge in [0.15, 0.2) is 6.23 Å². The lowest BCUT2D eigenvalue weighted by Crippen LogP contribution is -2.15. The van der Waals surface area contributed by atoms with Gasteiger partial charge in [0, 0.05) is 22.0 Å². The molecule has 0 spiro atoms. The first-order chi connectivity index (χ1) is 14.7. The second-order valence-corrected chi connectivity index (χ2v) is 6.95. The number of carbonyl (C=O) groups is 1. The molecule has 152 valence electrons.